The van der Waals surface area contributed by atoms with Gasteiger partial charge in [0.1, 0.15) is 13.1 Å². The van der Waals surface area contributed by atoms with Gasteiger partial charge in [-0.05, 0) is 6.07 Å². The van der Waals surface area contributed by atoms with Gasteiger partial charge in [-0.15, -0.1) is 0 Å². The van der Waals surface area contributed by atoms with Crippen LogP contribution in [0.2, 0.25) is 5.02 Å². The fourth-order valence-electron chi connectivity index (χ4n) is 2.99. The second-order valence-corrected chi connectivity index (χ2v) is 6.27. The molecule has 7 heteroatoms. The van der Waals surface area contributed by atoms with Crippen molar-refractivity contribution in [3.8, 4) is 0 Å². The molecule has 1 fully saturated rings. The molecular formula is C17H20ClN3O3. The number of fused-ring (bicyclic) bond motifs is 1. The number of quaternary nitrogens is 1. The van der Waals surface area contributed by atoms with Crippen LogP contribution in [0.1, 0.15) is 16.8 Å². The topological polar surface area (TPSA) is 78.7 Å². The number of ether oxygens (including phenoxy) is 1. The number of para-hydroxylation sites is 1. The fourth-order valence-corrected chi connectivity index (χ4v) is 3.22. The van der Waals surface area contributed by atoms with E-state index in [0.29, 0.717) is 28.2 Å². The van der Waals surface area contributed by atoms with Crippen LogP contribution < -0.4 is 15.3 Å². The summed E-state index contributed by atoms with van der Waals surface area (Å²) in [7, 11) is 0. The Labute approximate surface area is 145 Å². The van der Waals surface area contributed by atoms with Crippen LogP contribution >= 0.6 is 11.6 Å². The zero-order valence-corrected chi connectivity index (χ0v) is 14.1. The molecule has 0 spiro atoms. The van der Waals surface area contributed by atoms with Gasteiger partial charge in [-0.3, -0.25) is 4.98 Å². The smallest absolute Gasteiger partial charge is 0.101 e. The predicted molar refractivity (Wildman–Crippen MR) is 90.6 cm³/mol. The predicted octanol–water partition coefficient (Wildman–Crippen LogP) is -0.0312. The number of carbonyl (C=O) groups is 1. The first-order valence-corrected chi connectivity index (χ1v) is 8.48. The molecule has 0 aliphatic carbocycles. The lowest BCUT2D eigenvalue weighted by Gasteiger charge is -2.24. The zero-order chi connectivity index (χ0) is 16.9. The SMILES string of the molecule is O=C([O-])c1cnc2c(Cl)cccc2c1NCCC[NH+]1CCOCC1. The Kier molecular flexibility index (Phi) is 5.50. The molecule has 0 saturated carbocycles. The largest absolute Gasteiger partial charge is 0.545 e. The number of aromatic carboxylic acids is 1. The highest BCUT2D eigenvalue weighted by molar-refractivity contribution is 6.35. The van der Waals surface area contributed by atoms with Crippen LogP contribution in [0.4, 0.5) is 5.69 Å². The van der Waals surface area contributed by atoms with Crippen molar-refractivity contribution in [1.29, 1.82) is 0 Å². The molecule has 1 aliphatic rings. The number of aromatic nitrogens is 1. The molecule has 1 saturated heterocycles. The molecule has 1 aromatic carbocycles. The number of hydrogen-bond acceptors (Lipinski definition) is 5. The highest BCUT2D eigenvalue weighted by atomic mass is 35.5. The van der Waals surface area contributed by atoms with Crippen molar-refractivity contribution < 1.29 is 19.5 Å². The maximum atomic E-state index is 11.4. The summed E-state index contributed by atoms with van der Waals surface area (Å²) in [6.45, 7) is 5.38. The van der Waals surface area contributed by atoms with Crippen LogP contribution in [0.5, 0.6) is 0 Å². The molecular weight excluding hydrogens is 330 g/mol. The van der Waals surface area contributed by atoms with Crippen LogP contribution in [-0.4, -0.2) is 50.3 Å². The Morgan fingerprint density at radius 1 is 1.38 bits per heavy atom. The Morgan fingerprint density at radius 2 is 2.17 bits per heavy atom. The normalized spacial score (nSPS) is 15.5. The summed E-state index contributed by atoms with van der Waals surface area (Å²) in [5, 5.41) is 15.8. The molecule has 24 heavy (non-hydrogen) atoms. The summed E-state index contributed by atoms with van der Waals surface area (Å²) in [5.41, 5.74) is 1.17. The van der Waals surface area contributed by atoms with E-state index in [0.717, 1.165) is 39.3 Å². The maximum Gasteiger partial charge on any atom is 0.101 e. The fraction of sp³-hybridized carbons (Fsp3) is 0.412. The molecule has 0 amide bonds. The van der Waals surface area contributed by atoms with Crippen LogP contribution in [0.25, 0.3) is 10.9 Å². The van der Waals surface area contributed by atoms with Crippen LogP contribution in [0.3, 0.4) is 0 Å². The molecule has 1 aliphatic heterocycles. The number of carboxylic acid groups (broad SMARTS) is 1. The van der Waals surface area contributed by atoms with E-state index in [9.17, 15) is 9.90 Å². The van der Waals surface area contributed by atoms with E-state index in [4.69, 9.17) is 16.3 Å². The number of carboxylic acids is 1. The molecule has 3 rings (SSSR count). The van der Waals surface area contributed by atoms with Gasteiger partial charge in [0.2, 0.25) is 0 Å². The zero-order valence-electron chi connectivity index (χ0n) is 13.3. The molecule has 1 aromatic heterocycles. The summed E-state index contributed by atoms with van der Waals surface area (Å²) >= 11 is 6.16. The van der Waals surface area contributed by atoms with Crippen LogP contribution in [-0.2, 0) is 4.74 Å². The quantitative estimate of drug-likeness (QED) is 0.716. The second kappa shape index (κ2) is 7.79. The number of benzene rings is 1. The van der Waals surface area contributed by atoms with E-state index in [1.54, 1.807) is 12.1 Å². The summed E-state index contributed by atoms with van der Waals surface area (Å²) in [6, 6.07) is 5.34. The average molecular weight is 350 g/mol. The first-order chi connectivity index (χ1) is 11.7. The molecule has 2 N–H and O–H groups in total. The van der Waals surface area contributed by atoms with E-state index in [2.05, 4.69) is 10.3 Å². The lowest BCUT2D eigenvalue weighted by atomic mass is 10.1. The number of carbonyl (C=O) groups excluding carboxylic acids is 1. The van der Waals surface area contributed by atoms with Crippen molar-refractivity contribution in [2.45, 2.75) is 6.42 Å². The number of anilines is 1. The number of rotatable bonds is 6. The van der Waals surface area contributed by atoms with Crippen molar-refractivity contribution in [1.82, 2.24) is 4.98 Å². The molecule has 2 heterocycles. The van der Waals surface area contributed by atoms with E-state index < -0.39 is 5.97 Å². The van der Waals surface area contributed by atoms with Crippen molar-refractivity contribution in [2.75, 3.05) is 44.7 Å². The molecule has 0 radical (unpaired) electrons. The summed E-state index contributed by atoms with van der Waals surface area (Å²) in [4.78, 5) is 17.1. The van der Waals surface area contributed by atoms with Gasteiger partial charge < -0.3 is 24.9 Å². The van der Waals surface area contributed by atoms with Crippen LogP contribution in [0.15, 0.2) is 24.4 Å². The van der Waals surface area contributed by atoms with Gasteiger partial charge in [0, 0.05) is 30.1 Å². The Morgan fingerprint density at radius 3 is 2.92 bits per heavy atom. The monoisotopic (exact) mass is 349 g/mol. The molecule has 0 bridgehead atoms. The summed E-state index contributed by atoms with van der Waals surface area (Å²) < 4.78 is 5.35. The van der Waals surface area contributed by atoms with E-state index in [1.165, 1.54) is 11.1 Å². The van der Waals surface area contributed by atoms with E-state index in [-0.39, 0.29) is 5.56 Å². The van der Waals surface area contributed by atoms with Gasteiger partial charge in [0.25, 0.3) is 0 Å². The van der Waals surface area contributed by atoms with Crippen molar-refractivity contribution in [2.24, 2.45) is 0 Å². The van der Waals surface area contributed by atoms with Gasteiger partial charge in [-0.2, -0.15) is 0 Å². The lowest BCUT2D eigenvalue weighted by molar-refractivity contribution is -0.908. The number of hydrogen-bond donors (Lipinski definition) is 2. The molecule has 0 unspecified atom stereocenters. The van der Waals surface area contributed by atoms with Crippen molar-refractivity contribution >= 4 is 34.2 Å². The highest BCUT2D eigenvalue weighted by Gasteiger charge is 2.14. The second-order valence-electron chi connectivity index (χ2n) is 5.86. The molecule has 6 nitrogen and oxygen atoms in total. The average Bonchev–Trinajstić information content (AvgIpc) is 2.59. The Hall–Kier alpha value is -1.89. The van der Waals surface area contributed by atoms with Gasteiger partial charge in [-0.1, -0.05) is 23.7 Å². The van der Waals surface area contributed by atoms with Gasteiger partial charge in [0.15, 0.2) is 0 Å². The van der Waals surface area contributed by atoms with E-state index in [1.807, 2.05) is 6.07 Å². The minimum absolute atomic E-state index is 0.0588. The third-order valence-electron chi connectivity index (χ3n) is 4.28. The minimum atomic E-state index is -1.24. The molecule has 128 valence electrons. The summed E-state index contributed by atoms with van der Waals surface area (Å²) in [6.07, 6.45) is 2.24. The molecule has 0 atom stereocenters. The number of nitrogens with zero attached hydrogens (tertiary/aromatic N) is 1. The lowest BCUT2D eigenvalue weighted by Crippen LogP contribution is -3.14. The summed E-state index contributed by atoms with van der Waals surface area (Å²) in [5.74, 6) is -1.24. The maximum absolute atomic E-state index is 11.4. The Bertz CT molecular complexity index is 732. The minimum Gasteiger partial charge on any atom is -0.545 e. The van der Waals surface area contributed by atoms with Gasteiger partial charge >= 0.3 is 0 Å². The third-order valence-corrected chi connectivity index (χ3v) is 4.58. The first-order valence-electron chi connectivity index (χ1n) is 8.10. The molecule has 2 aromatic rings. The Balaban J connectivity index is 1.73. The number of halogens is 1. The van der Waals surface area contributed by atoms with Crippen molar-refractivity contribution in [3.63, 3.8) is 0 Å². The van der Waals surface area contributed by atoms with Crippen molar-refractivity contribution in [3.05, 3.63) is 35.0 Å². The number of pyridine rings is 1. The van der Waals surface area contributed by atoms with E-state index >= 15 is 0 Å². The van der Waals surface area contributed by atoms with Gasteiger partial charge in [0.05, 0.1) is 42.0 Å². The van der Waals surface area contributed by atoms with Crippen LogP contribution in [0, 0.1) is 0 Å². The van der Waals surface area contributed by atoms with Gasteiger partial charge in [-0.25, -0.2) is 0 Å². The highest BCUT2D eigenvalue weighted by Crippen LogP contribution is 2.29. The number of morpholine rings is 1. The number of nitrogens with one attached hydrogen (secondary N) is 2. The standard InChI is InChI=1S/C17H20ClN3O3/c18-14-4-1-3-12-15(13(17(22)23)11-20-16(12)14)19-5-2-6-21-7-9-24-10-8-21/h1,3-4,11H,2,5-10H2,(H,19,20)(H,22,23). The third kappa shape index (κ3) is 3.77. The first kappa shape index (κ1) is 17.0.